The molecule has 4 heterocycles. The average molecular weight is 591 g/mol. The van der Waals surface area contributed by atoms with Gasteiger partial charge in [-0.25, -0.2) is 18.7 Å². The zero-order chi connectivity index (χ0) is 30.5. The number of phenolic OH excluding ortho intramolecular Hbond substituents is 1. The lowest BCUT2D eigenvalue weighted by Gasteiger charge is -2.45. The van der Waals surface area contributed by atoms with Gasteiger partial charge in [0.25, 0.3) is 0 Å². The molecule has 1 aliphatic heterocycles. The molecule has 0 spiro atoms. The predicted octanol–water partition coefficient (Wildman–Crippen LogP) is 5.38. The molecule has 1 N–H and O–H groups in total. The number of phenols is 1. The molecule has 42 heavy (non-hydrogen) atoms. The Kier molecular flexibility index (Phi) is 7.76. The summed E-state index contributed by atoms with van der Waals surface area (Å²) in [6, 6.07) is 6.89. The van der Waals surface area contributed by atoms with Crippen LogP contribution in [0.3, 0.4) is 0 Å². The van der Waals surface area contributed by atoms with E-state index >= 15 is 4.39 Å². The van der Waals surface area contributed by atoms with Crippen LogP contribution >= 0.6 is 11.6 Å². The van der Waals surface area contributed by atoms with Crippen LogP contribution in [0.2, 0.25) is 5.02 Å². The highest BCUT2D eigenvalue weighted by atomic mass is 35.5. The molecule has 4 aromatic rings. The van der Waals surface area contributed by atoms with Crippen molar-refractivity contribution in [1.82, 2.24) is 24.4 Å². The maximum Gasteiger partial charge on any atom is 0.355 e. The first kappa shape index (κ1) is 29.2. The molecule has 0 bridgehead atoms. The Morgan fingerprint density at radius 2 is 1.93 bits per heavy atom. The van der Waals surface area contributed by atoms with Crippen molar-refractivity contribution >= 4 is 34.4 Å². The number of nitrogens with zero attached hydrogens (tertiary/aromatic N) is 6. The summed E-state index contributed by atoms with van der Waals surface area (Å²) in [6.07, 6.45) is 2.98. The van der Waals surface area contributed by atoms with Crippen LogP contribution in [0.4, 0.5) is 10.2 Å². The van der Waals surface area contributed by atoms with Crippen LogP contribution in [0.25, 0.3) is 28.0 Å². The third kappa shape index (κ3) is 4.79. The normalized spacial score (nSPS) is 17.2. The Bertz CT molecular complexity index is 1770. The lowest BCUT2D eigenvalue weighted by atomic mass is 10.0. The molecular formula is C31H32ClFN6O3. The number of aromatic nitrogens is 4. The van der Waals surface area contributed by atoms with Crippen LogP contribution in [-0.2, 0) is 4.79 Å². The molecule has 1 aliphatic rings. The van der Waals surface area contributed by atoms with E-state index in [2.05, 4.69) is 16.5 Å². The molecule has 0 aliphatic carbocycles. The SMILES string of the molecule is C=CC(=O)N1CCN(c2nc(=O)n(-c3c(C)ccnc3C(C)C)c3nc(-c4c(O)cccc4F)c(Cl)cc23)[C@H](C)[C@@H]1C. The first-order valence-electron chi connectivity index (χ1n) is 13.7. The molecule has 1 amide bonds. The van der Waals surface area contributed by atoms with E-state index in [1.807, 2.05) is 39.5 Å². The molecule has 11 heteroatoms. The third-order valence-electron chi connectivity index (χ3n) is 7.95. The number of rotatable bonds is 5. The molecule has 5 rings (SSSR count). The minimum Gasteiger partial charge on any atom is -0.507 e. The summed E-state index contributed by atoms with van der Waals surface area (Å²) in [7, 11) is 0. The number of fused-ring (bicyclic) bond motifs is 1. The van der Waals surface area contributed by atoms with Crippen LogP contribution in [0.5, 0.6) is 5.75 Å². The minimum absolute atomic E-state index is 0.0134. The first-order valence-corrected chi connectivity index (χ1v) is 14.1. The number of halogens is 2. The molecule has 0 saturated carbocycles. The number of carbonyl (C=O) groups excluding carboxylic acids is 1. The van der Waals surface area contributed by atoms with Crippen molar-refractivity contribution in [1.29, 1.82) is 0 Å². The molecule has 9 nitrogen and oxygen atoms in total. The van der Waals surface area contributed by atoms with E-state index in [1.54, 1.807) is 23.2 Å². The highest BCUT2D eigenvalue weighted by Gasteiger charge is 2.35. The average Bonchev–Trinajstić information content (AvgIpc) is 2.94. The summed E-state index contributed by atoms with van der Waals surface area (Å²) < 4.78 is 16.4. The third-order valence-corrected chi connectivity index (χ3v) is 8.24. The minimum atomic E-state index is -0.710. The molecule has 0 unspecified atom stereocenters. The van der Waals surface area contributed by atoms with Crippen LogP contribution in [0.1, 0.15) is 44.9 Å². The standard InChI is InChI=1S/C31H32ClFN6O3/c1-7-24(41)37-13-14-38(19(6)18(37)5)29-20-15-21(32)27(25-22(33)9-8-10-23(25)40)35-30(20)39(31(42)36-29)28-17(4)11-12-34-26(28)16(2)3/h7-12,15-16,18-19,40H,1,13-14H2,2-6H3/t18-,19+/m0/s1. The second kappa shape index (κ2) is 11.2. The summed E-state index contributed by atoms with van der Waals surface area (Å²) in [5.41, 5.74) is 1.37. The smallest absolute Gasteiger partial charge is 0.355 e. The number of piperazine rings is 1. The molecule has 3 aromatic heterocycles. The second-order valence-corrected chi connectivity index (χ2v) is 11.2. The summed E-state index contributed by atoms with van der Waals surface area (Å²) in [5.74, 6) is -0.909. The van der Waals surface area contributed by atoms with E-state index in [9.17, 15) is 14.7 Å². The Hall–Kier alpha value is -4.31. The summed E-state index contributed by atoms with van der Waals surface area (Å²) in [5, 5.41) is 11.1. The molecule has 2 atom stereocenters. The largest absolute Gasteiger partial charge is 0.507 e. The van der Waals surface area contributed by atoms with Crippen molar-refractivity contribution in [2.24, 2.45) is 0 Å². The Balaban J connectivity index is 1.85. The van der Waals surface area contributed by atoms with Crippen LogP contribution < -0.4 is 10.6 Å². The summed E-state index contributed by atoms with van der Waals surface area (Å²) in [4.78, 5) is 44.1. The summed E-state index contributed by atoms with van der Waals surface area (Å²) >= 11 is 6.74. The van der Waals surface area contributed by atoms with E-state index < -0.39 is 11.5 Å². The monoisotopic (exact) mass is 590 g/mol. The van der Waals surface area contributed by atoms with Gasteiger partial charge in [-0.2, -0.15) is 4.98 Å². The summed E-state index contributed by atoms with van der Waals surface area (Å²) in [6.45, 7) is 14.1. The van der Waals surface area contributed by atoms with Gasteiger partial charge in [0.2, 0.25) is 5.91 Å². The van der Waals surface area contributed by atoms with Gasteiger partial charge in [-0.15, -0.1) is 0 Å². The number of aryl methyl sites for hydroxylation is 1. The van der Waals surface area contributed by atoms with Crippen molar-refractivity contribution in [2.75, 3.05) is 18.0 Å². The quantitative estimate of drug-likeness (QED) is 0.311. The van der Waals surface area contributed by atoms with Crippen molar-refractivity contribution in [3.8, 4) is 22.7 Å². The number of aromatic hydroxyl groups is 1. The van der Waals surface area contributed by atoms with Gasteiger partial charge >= 0.3 is 5.69 Å². The lowest BCUT2D eigenvalue weighted by molar-refractivity contribution is -0.129. The molecule has 0 radical (unpaired) electrons. The number of amides is 1. The van der Waals surface area contributed by atoms with Gasteiger partial charge < -0.3 is 14.9 Å². The number of carbonyl (C=O) groups is 1. The van der Waals surface area contributed by atoms with Gasteiger partial charge in [0.05, 0.1) is 33.0 Å². The van der Waals surface area contributed by atoms with E-state index in [0.29, 0.717) is 35.7 Å². The Labute approximate surface area is 247 Å². The fourth-order valence-electron chi connectivity index (χ4n) is 5.60. The van der Waals surface area contributed by atoms with Crippen molar-refractivity contribution in [3.63, 3.8) is 0 Å². The Morgan fingerprint density at radius 1 is 1.19 bits per heavy atom. The van der Waals surface area contributed by atoms with Crippen molar-refractivity contribution in [3.05, 3.63) is 81.8 Å². The molecule has 218 valence electrons. The van der Waals surface area contributed by atoms with Crippen LogP contribution in [0.15, 0.2) is 54.0 Å². The van der Waals surface area contributed by atoms with Gasteiger partial charge in [0.15, 0.2) is 5.65 Å². The number of pyridine rings is 2. The van der Waals surface area contributed by atoms with Crippen molar-refractivity contribution < 1.29 is 14.3 Å². The Morgan fingerprint density at radius 3 is 2.60 bits per heavy atom. The predicted molar refractivity (Wildman–Crippen MR) is 162 cm³/mol. The highest BCUT2D eigenvalue weighted by Crippen LogP contribution is 2.39. The van der Waals surface area contributed by atoms with Gasteiger partial charge in [-0.05, 0) is 62.6 Å². The zero-order valence-electron chi connectivity index (χ0n) is 24.1. The van der Waals surface area contributed by atoms with Crippen LogP contribution in [0, 0.1) is 12.7 Å². The van der Waals surface area contributed by atoms with E-state index in [1.165, 1.54) is 28.8 Å². The van der Waals surface area contributed by atoms with Gasteiger partial charge in [-0.3, -0.25) is 9.78 Å². The maximum atomic E-state index is 15.1. The van der Waals surface area contributed by atoms with E-state index in [-0.39, 0.29) is 51.6 Å². The fourth-order valence-corrected chi connectivity index (χ4v) is 5.85. The highest BCUT2D eigenvalue weighted by molar-refractivity contribution is 6.34. The topological polar surface area (TPSA) is 104 Å². The van der Waals surface area contributed by atoms with Gasteiger partial charge in [-0.1, -0.05) is 38.1 Å². The van der Waals surface area contributed by atoms with Crippen LogP contribution in [-0.4, -0.2) is 60.6 Å². The number of benzene rings is 1. The molecule has 1 fully saturated rings. The van der Waals surface area contributed by atoms with E-state index in [0.717, 1.165) is 5.56 Å². The first-order chi connectivity index (χ1) is 20.0. The zero-order valence-corrected chi connectivity index (χ0v) is 24.9. The lowest BCUT2D eigenvalue weighted by Crippen LogP contribution is -2.59. The van der Waals surface area contributed by atoms with Gasteiger partial charge in [0, 0.05) is 31.4 Å². The fraction of sp³-hybridized carbons (Fsp3) is 0.323. The number of hydrogen-bond acceptors (Lipinski definition) is 7. The van der Waals surface area contributed by atoms with Crippen molar-refractivity contribution in [2.45, 2.75) is 52.6 Å². The molecular weight excluding hydrogens is 559 g/mol. The van der Waals surface area contributed by atoms with Gasteiger partial charge in [0.1, 0.15) is 17.4 Å². The molecule has 1 saturated heterocycles. The maximum absolute atomic E-state index is 15.1. The molecule has 1 aromatic carbocycles. The number of hydrogen-bond donors (Lipinski definition) is 1. The van der Waals surface area contributed by atoms with E-state index in [4.69, 9.17) is 16.6 Å². The number of anilines is 1. The second-order valence-electron chi connectivity index (χ2n) is 10.8.